The summed E-state index contributed by atoms with van der Waals surface area (Å²) >= 11 is 12.3. The molecule has 0 saturated heterocycles. The lowest BCUT2D eigenvalue weighted by Gasteiger charge is -2.26. The Bertz CT molecular complexity index is 793. The lowest BCUT2D eigenvalue weighted by Crippen LogP contribution is -2.31. The first-order valence-electron chi connectivity index (χ1n) is 8.66. The van der Waals surface area contributed by atoms with Crippen LogP contribution in [0.2, 0.25) is 10.0 Å². The zero-order valence-electron chi connectivity index (χ0n) is 14.6. The summed E-state index contributed by atoms with van der Waals surface area (Å²) in [4.78, 5) is 13.6. The largest absolute Gasteiger partial charge is 0.387 e. The second-order valence-corrected chi connectivity index (χ2v) is 7.52. The standard InChI is InChI=1S/C20H22Cl2N2O2/c1-13(25)23-19-5-3-2-4-17(19)20(26)12-24(16-8-9-16)11-14-6-7-15(21)10-18(14)22/h2-7,10,16,20,26H,8-9,11-12H2,1H3,(H,23,25). The maximum Gasteiger partial charge on any atom is 0.221 e. The van der Waals surface area contributed by atoms with Crippen molar-refractivity contribution in [3.8, 4) is 0 Å². The smallest absolute Gasteiger partial charge is 0.221 e. The number of halogens is 2. The number of carbonyl (C=O) groups is 1. The van der Waals surface area contributed by atoms with E-state index in [1.807, 2.05) is 30.3 Å². The van der Waals surface area contributed by atoms with E-state index in [1.54, 1.807) is 12.1 Å². The van der Waals surface area contributed by atoms with E-state index < -0.39 is 6.10 Å². The first-order chi connectivity index (χ1) is 12.4. The van der Waals surface area contributed by atoms with Gasteiger partial charge in [0.2, 0.25) is 5.91 Å². The highest BCUT2D eigenvalue weighted by Crippen LogP contribution is 2.33. The van der Waals surface area contributed by atoms with Crippen LogP contribution in [0.1, 0.15) is 37.0 Å². The van der Waals surface area contributed by atoms with Gasteiger partial charge in [0.1, 0.15) is 0 Å². The highest BCUT2D eigenvalue weighted by Gasteiger charge is 2.31. The van der Waals surface area contributed by atoms with Crippen LogP contribution < -0.4 is 5.32 Å². The molecule has 0 aliphatic heterocycles. The minimum Gasteiger partial charge on any atom is -0.387 e. The summed E-state index contributed by atoms with van der Waals surface area (Å²) in [6.07, 6.45) is 1.53. The Morgan fingerprint density at radius 2 is 2.00 bits per heavy atom. The number of para-hydroxylation sites is 1. The van der Waals surface area contributed by atoms with E-state index in [4.69, 9.17) is 23.2 Å². The molecule has 6 heteroatoms. The Kier molecular flexibility index (Phi) is 6.20. The topological polar surface area (TPSA) is 52.6 Å². The molecule has 2 aromatic rings. The van der Waals surface area contributed by atoms with Gasteiger partial charge in [0.15, 0.2) is 0 Å². The van der Waals surface area contributed by atoms with Crippen molar-refractivity contribution >= 4 is 34.8 Å². The van der Waals surface area contributed by atoms with Gasteiger partial charge in [-0.05, 0) is 36.6 Å². The quantitative estimate of drug-likeness (QED) is 0.720. The van der Waals surface area contributed by atoms with Crippen molar-refractivity contribution in [3.63, 3.8) is 0 Å². The predicted molar refractivity (Wildman–Crippen MR) is 106 cm³/mol. The van der Waals surface area contributed by atoms with Crippen LogP contribution in [0.4, 0.5) is 5.69 Å². The van der Waals surface area contributed by atoms with Crippen molar-refractivity contribution in [1.29, 1.82) is 0 Å². The van der Waals surface area contributed by atoms with Gasteiger partial charge in [-0.2, -0.15) is 0 Å². The number of hydrogen-bond donors (Lipinski definition) is 2. The molecule has 0 bridgehead atoms. The monoisotopic (exact) mass is 392 g/mol. The molecule has 1 amide bonds. The van der Waals surface area contributed by atoms with E-state index in [2.05, 4.69) is 10.2 Å². The molecular formula is C20H22Cl2N2O2. The number of rotatable bonds is 7. The predicted octanol–water partition coefficient (Wildman–Crippen LogP) is 4.65. The van der Waals surface area contributed by atoms with Gasteiger partial charge in [0.05, 0.1) is 6.10 Å². The van der Waals surface area contributed by atoms with Gasteiger partial charge in [-0.25, -0.2) is 0 Å². The fourth-order valence-electron chi connectivity index (χ4n) is 3.06. The highest BCUT2D eigenvalue weighted by atomic mass is 35.5. The first-order valence-corrected chi connectivity index (χ1v) is 9.42. The zero-order valence-corrected chi connectivity index (χ0v) is 16.1. The van der Waals surface area contributed by atoms with Crippen molar-refractivity contribution < 1.29 is 9.90 Å². The lowest BCUT2D eigenvalue weighted by molar-refractivity contribution is -0.114. The molecule has 2 N–H and O–H groups in total. The molecule has 1 fully saturated rings. The van der Waals surface area contributed by atoms with Gasteiger partial charge in [-0.1, -0.05) is 47.5 Å². The van der Waals surface area contributed by atoms with E-state index >= 15 is 0 Å². The second-order valence-electron chi connectivity index (χ2n) is 6.68. The summed E-state index contributed by atoms with van der Waals surface area (Å²) in [7, 11) is 0. The summed E-state index contributed by atoms with van der Waals surface area (Å²) < 4.78 is 0. The Hall–Kier alpha value is -1.59. The van der Waals surface area contributed by atoms with E-state index in [0.717, 1.165) is 24.0 Å². The molecule has 1 atom stereocenters. The van der Waals surface area contributed by atoms with Crippen molar-refractivity contribution in [2.45, 2.75) is 38.5 Å². The number of benzene rings is 2. The maximum atomic E-state index is 11.4. The second kappa shape index (κ2) is 8.40. The Morgan fingerprint density at radius 3 is 2.65 bits per heavy atom. The Morgan fingerprint density at radius 1 is 1.27 bits per heavy atom. The molecule has 26 heavy (non-hydrogen) atoms. The summed E-state index contributed by atoms with van der Waals surface area (Å²) in [5.41, 5.74) is 2.36. The molecule has 0 heterocycles. The van der Waals surface area contributed by atoms with Gasteiger partial charge < -0.3 is 10.4 Å². The number of nitrogens with one attached hydrogen (secondary N) is 1. The van der Waals surface area contributed by atoms with Crippen LogP contribution >= 0.6 is 23.2 Å². The molecule has 1 saturated carbocycles. The molecule has 1 unspecified atom stereocenters. The number of amides is 1. The van der Waals surface area contributed by atoms with Gasteiger partial charge in [-0.3, -0.25) is 9.69 Å². The van der Waals surface area contributed by atoms with Crippen LogP contribution in [-0.4, -0.2) is 28.5 Å². The molecule has 2 aromatic carbocycles. The van der Waals surface area contributed by atoms with Crippen molar-refractivity contribution in [3.05, 3.63) is 63.6 Å². The number of anilines is 1. The summed E-state index contributed by atoms with van der Waals surface area (Å²) in [6.45, 7) is 2.59. The molecule has 0 aromatic heterocycles. The van der Waals surface area contributed by atoms with Crippen LogP contribution in [0.25, 0.3) is 0 Å². The molecular weight excluding hydrogens is 371 g/mol. The summed E-state index contributed by atoms with van der Waals surface area (Å²) in [5.74, 6) is -0.156. The maximum absolute atomic E-state index is 11.4. The van der Waals surface area contributed by atoms with E-state index in [9.17, 15) is 9.90 Å². The molecule has 0 spiro atoms. The van der Waals surface area contributed by atoms with Gasteiger partial charge >= 0.3 is 0 Å². The minimum absolute atomic E-state index is 0.156. The first kappa shape index (κ1) is 19.2. The van der Waals surface area contributed by atoms with Crippen LogP contribution in [-0.2, 0) is 11.3 Å². The molecule has 3 rings (SSSR count). The number of hydrogen-bond acceptors (Lipinski definition) is 3. The number of aliphatic hydroxyl groups is 1. The average Bonchev–Trinajstić information content (AvgIpc) is 3.41. The third kappa shape index (κ3) is 4.98. The van der Waals surface area contributed by atoms with Gasteiger partial charge in [-0.15, -0.1) is 0 Å². The molecule has 1 aliphatic carbocycles. The van der Waals surface area contributed by atoms with Crippen LogP contribution in [0.15, 0.2) is 42.5 Å². The van der Waals surface area contributed by atoms with E-state index in [0.29, 0.717) is 34.9 Å². The van der Waals surface area contributed by atoms with Crippen molar-refractivity contribution in [2.24, 2.45) is 0 Å². The van der Waals surface area contributed by atoms with Crippen molar-refractivity contribution in [2.75, 3.05) is 11.9 Å². The molecule has 4 nitrogen and oxygen atoms in total. The average molecular weight is 393 g/mol. The van der Waals surface area contributed by atoms with Gasteiger partial charge in [0.25, 0.3) is 0 Å². The zero-order chi connectivity index (χ0) is 18.7. The molecule has 0 radical (unpaired) electrons. The number of nitrogens with zero attached hydrogens (tertiary/aromatic N) is 1. The van der Waals surface area contributed by atoms with Crippen LogP contribution in [0, 0.1) is 0 Å². The van der Waals surface area contributed by atoms with Gasteiger partial charge in [0, 0.05) is 47.4 Å². The van der Waals surface area contributed by atoms with Crippen LogP contribution in [0.3, 0.4) is 0 Å². The fraction of sp³-hybridized carbons (Fsp3) is 0.350. The van der Waals surface area contributed by atoms with Crippen molar-refractivity contribution in [1.82, 2.24) is 4.90 Å². The lowest BCUT2D eigenvalue weighted by atomic mass is 10.1. The third-order valence-electron chi connectivity index (χ3n) is 4.49. The molecule has 1 aliphatic rings. The highest BCUT2D eigenvalue weighted by molar-refractivity contribution is 6.35. The summed E-state index contributed by atoms with van der Waals surface area (Å²) in [5, 5.41) is 14.8. The Labute approximate surface area is 163 Å². The normalized spacial score (nSPS) is 15.1. The van der Waals surface area contributed by atoms with Crippen LogP contribution in [0.5, 0.6) is 0 Å². The summed E-state index contributed by atoms with van der Waals surface area (Å²) in [6, 6.07) is 13.3. The van der Waals surface area contributed by atoms with E-state index in [-0.39, 0.29) is 5.91 Å². The third-order valence-corrected chi connectivity index (χ3v) is 5.08. The minimum atomic E-state index is -0.704. The fourth-order valence-corrected chi connectivity index (χ4v) is 3.53. The van der Waals surface area contributed by atoms with E-state index in [1.165, 1.54) is 6.92 Å². The SMILES string of the molecule is CC(=O)Nc1ccccc1C(O)CN(Cc1ccc(Cl)cc1Cl)C1CC1. The molecule has 138 valence electrons. The number of carbonyl (C=O) groups excluding carboxylic acids is 1. The Balaban J connectivity index is 1.75. The number of aliphatic hydroxyl groups excluding tert-OH is 1.